The van der Waals surface area contributed by atoms with Gasteiger partial charge in [0.25, 0.3) is 5.91 Å². The highest BCUT2D eigenvalue weighted by molar-refractivity contribution is 5.95. The third kappa shape index (κ3) is 3.87. The minimum Gasteiger partial charge on any atom is -0.363 e. The Morgan fingerprint density at radius 3 is 2.63 bits per heavy atom. The summed E-state index contributed by atoms with van der Waals surface area (Å²) in [4.78, 5) is 21.0. The monoisotopic (exact) mass is 369 g/mol. The standard InChI is InChI=1S/C21H24FN3O2/c1-16-3-2-10-23-19(16)13-24-11-8-21(9-12-24)15-25(20(26)14-27-21)18-6-4-17(22)5-7-18/h2-7,10H,8-9,11-15H2,1H3. The van der Waals surface area contributed by atoms with Crippen LogP contribution >= 0.6 is 0 Å². The second kappa shape index (κ2) is 7.37. The molecule has 0 N–H and O–H groups in total. The lowest BCUT2D eigenvalue weighted by molar-refractivity contribution is -0.145. The van der Waals surface area contributed by atoms with Gasteiger partial charge < -0.3 is 9.64 Å². The van der Waals surface area contributed by atoms with Gasteiger partial charge in [-0.2, -0.15) is 0 Å². The molecule has 1 spiro atoms. The summed E-state index contributed by atoms with van der Waals surface area (Å²) in [5, 5.41) is 0. The van der Waals surface area contributed by atoms with Crippen molar-refractivity contribution < 1.29 is 13.9 Å². The van der Waals surface area contributed by atoms with Gasteiger partial charge in [0.05, 0.1) is 17.8 Å². The van der Waals surface area contributed by atoms with Crippen molar-refractivity contribution in [3.63, 3.8) is 0 Å². The fraction of sp³-hybridized carbons (Fsp3) is 0.429. The number of amides is 1. The molecule has 2 aliphatic rings. The molecule has 1 aromatic carbocycles. The van der Waals surface area contributed by atoms with E-state index >= 15 is 0 Å². The number of ether oxygens (including phenoxy) is 1. The Bertz CT molecular complexity index is 816. The van der Waals surface area contributed by atoms with E-state index in [0.717, 1.165) is 43.9 Å². The molecule has 2 aliphatic heterocycles. The van der Waals surface area contributed by atoms with Crippen LogP contribution in [-0.4, -0.2) is 47.6 Å². The Balaban J connectivity index is 1.42. The molecule has 3 heterocycles. The van der Waals surface area contributed by atoms with Crippen molar-refractivity contribution in [1.29, 1.82) is 0 Å². The van der Waals surface area contributed by atoms with E-state index in [-0.39, 0.29) is 23.9 Å². The van der Waals surface area contributed by atoms with E-state index in [0.29, 0.717) is 6.54 Å². The predicted molar refractivity (Wildman–Crippen MR) is 101 cm³/mol. The number of likely N-dealkylation sites (tertiary alicyclic amines) is 1. The van der Waals surface area contributed by atoms with Gasteiger partial charge in [0, 0.05) is 31.5 Å². The van der Waals surface area contributed by atoms with Crippen LogP contribution in [0.15, 0.2) is 42.6 Å². The maximum absolute atomic E-state index is 13.2. The van der Waals surface area contributed by atoms with Crippen molar-refractivity contribution in [1.82, 2.24) is 9.88 Å². The Morgan fingerprint density at radius 1 is 1.19 bits per heavy atom. The van der Waals surface area contributed by atoms with Gasteiger partial charge in [-0.05, 0) is 55.7 Å². The number of aromatic nitrogens is 1. The van der Waals surface area contributed by atoms with Gasteiger partial charge in [0.1, 0.15) is 12.4 Å². The Hall–Kier alpha value is -2.31. The fourth-order valence-corrected chi connectivity index (χ4v) is 3.89. The zero-order chi connectivity index (χ0) is 18.9. The molecular weight excluding hydrogens is 345 g/mol. The maximum atomic E-state index is 13.2. The average molecular weight is 369 g/mol. The van der Waals surface area contributed by atoms with Crippen LogP contribution in [0.5, 0.6) is 0 Å². The lowest BCUT2D eigenvalue weighted by Gasteiger charge is -2.47. The average Bonchev–Trinajstić information content (AvgIpc) is 2.68. The molecule has 1 aromatic heterocycles. The van der Waals surface area contributed by atoms with Gasteiger partial charge in [-0.3, -0.25) is 14.7 Å². The summed E-state index contributed by atoms with van der Waals surface area (Å²) in [5.74, 6) is -0.369. The molecule has 0 bridgehead atoms. The number of nitrogens with zero attached hydrogens (tertiary/aromatic N) is 3. The molecule has 2 saturated heterocycles. The van der Waals surface area contributed by atoms with Gasteiger partial charge in [-0.1, -0.05) is 6.07 Å². The summed E-state index contributed by atoms with van der Waals surface area (Å²) in [7, 11) is 0. The molecule has 0 saturated carbocycles. The SMILES string of the molecule is Cc1cccnc1CN1CCC2(CC1)CN(c1ccc(F)cc1)C(=O)CO2. The molecule has 2 aromatic rings. The first kappa shape index (κ1) is 18.1. The Kier molecular flexibility index (Phi) is 4.93. The van der Waals surface area contributed by atoms with Crippen molar-refractivity contribution in [2.75, 3.05) is 31.1 Å². The number of halogens is 1. The number of carbonyl (C=O) groups is 1. The normalized spacial score (nSPS) is 20.2. The Morgan fingerprint density at radius 2 is 1.93 bits per heavy atom. The van der Waals surface area contributed by atoms with Crippen LogP contribution < -0.4 is 4.90 Å². The van der Waals surface area contributed by atoms with E-state index in [9.17, 15) is 9.18 Å². The number of morpholine rings is 1. The van der Waals surface area contributed by atoms with Crippen molar-refractivity contribution >= 4 is 11.6 Å². The number of piperidine rings is 1. The highest BCUT2D eigenvalue weighted by atomic mass is 19.1. The molecular formula is C21H24FN3O2. The van der Waals surface area contributed by atoms with Crippen LogP contribution in [0, 0.1) is 12.7 Å². The van der Waals surface area contributed by atoms with E-state index in [1.54, 1.807) is 17.0 Å². The van der Waals surface area contributed by atoms with Gasteiger partial charge in [-0.15, -0.1) is 0 Å². The van der Waals surface area contributed by atoms with Gasteiger partial charge >= 0.3 is 0 Å². The highest BCUT2D eigenvalue weighted by Gasteiger charge is 2.42. The van der Waals surface area contributed by atoms with Crippen LogP contribution in [0.4, 0.5) is 10.1 Å². The maximum Gasteiger partial charge on any atom is 0.253 e. The number of carbonyl (C=O) groups excluding carboxylic acids is 1. The number of anilines is 1. The van der Waals surface area contributed by atoms with E-state index < -0.39 is 0 Å². The summed E-state index contributed by atoms with van der Waals surface area (Å²) < 4.78 is 19.2. The van der Waals surface area contributed by atoms with E-state index in [4.69, 9.17) is 4.74 Å². The van der Waals surface area contributed by atoms with Crippen LogP contribution in [-0.2, 0) is 16.1 Å². The third-order valence-corrected chi connectivity index (χ3v) is 5.65. The first-order chi connectivity index (χ1) is 13.0. The fourth-order valence-electron chi connectivity index (χ4n) is 3.89. The minimum atomic E-state index is -0.321. The molecule has 0 atom stereocenters. The predicted octanol–water partition coefficient (Wildman–Crippen LogP) is 2.93. The van der Waals surface area contributed by atoms with Gasteiger partial charge in [-0.25, -0.2) is 4.39 Å². The van der Waals surface area contributed by atoms with Crippen molar-refractivity contribution in [3.8, 4) is 0 Å². The molecule has 0 radical (unpaired) electrons. The molecule has 1 amide bonds. The third-order valence-electron chi connectivity index (χ3n) is 5.65. The second-order valence-corrected chi connectivity index (χ2v) is 7.47. The van der Waals surface area contributed by atoms with Crippen molar-refractivity contribution in [2.45, 2.75) is 31.9 Å². The van der Waals surface area contributed by atoms with Crippen molar-refractivity contribution in [3.05, 3.63) is 59.7 Å². The molecule has 0 aliphatic carbocycles. The number of rotatable bonds is 3. The summed E-state index contributed by atoms with van der Waals surface area (Å²) in [5.41, 5.74) is 2.73. The van der Waals surface area contributed by atoms with Crippen LogP contribution in [0.25, 0.3) is 0 Å². The highest BCUT2D eigenvalue weighted by Crippen LogP contribution is 2.33. The number of benzene rings is 1. The molecule has 4 rings (SSSR count). The van der Waals surface area contributed by atoms with Crippen LogP contribution in [0.2, 0.25) is 0 Å². The van der Waals surface area contributed by atoms with E-state index in [1.165, 1.54) is 17.7 Å². The smallest absolute Gasteiger partial charge is 0.253 e. The van der Waals surface area contributed by atoms with E-state index in [1.807, 2.05) is 12.3 Å². The molecule has 0 unspecified atom stereocenters. The largest absolute Gasteiger partial charge is 0.363 e. The molecule has 2 fully saturated rings. The molecule has 27 heavy (non-hydrogen) atoms. The molecule has 6 heteroatoms. The molecule has 5 nitrogen and oxygen atoms in total. The minimum absolute atomic E-state index is 0.0706. The number of hydrogen-bond donors (Lipinski definition) is 0. The molecule has 142 valence electrons. The zero-order valence-electron chi connectivity index (χ0n) is 15.5. The lowest BCUT2D eigenvalue weighted by Crippen LogP contribution is -2.58. The van der Waals surface area contributed by atoms with Crippen LogP contribution in [0.1, 0.15) is 24.1 Å². The summed E-state index contributed by atoms with van der Waals surface area (Å²) in [6, 6.07) is 10.1. The quantitative estimate of drug-likeness (QED) is 0.835. The number of aryl methyl sites for hydroxylation is 1. The summed E-state index contributed by atoms with van der Waals surface area (Å²) in [6.45, 7) is 5.33. The topological polar surface area (TPSA) is 45.7 Å². The zero-order valence-corrected chi connectivity index (χ0v) is 15.5. The first-order valence-corrected chi connectivity index (χ1v) is 9.37. The summed E-state index contributed by atoms with van der Waals surface area (Å²) in [6.07, 6.45) is 3.57. The number of pyridine rings is 1. The summed E-state index contributed by atoms with van der Waals surface area (Å²) >= 11 is 0. The van der Waals surface area contributed by atoms with Gasteiger partial charge in [0.2, 0.25) is 0 Å². The number of hydrogen-bond acceptors (Lipinski definition) is 4. The Labute approximate surface area is 158 Å². The van der Waals surface area contributed by atoms with Crippen LogP contribution in [0.3, 0.4) is 0 Å². The van der Waals surface area contributed by atoms with Gasteiger partial charge in [0.15, 0.2) is 0 Å². The second-order valence-electron chi connectivity index (χ2n) is 7.47. The van der Waals surface area contributed by atoms with E-state index in [2.05, 4.69) is 22.9 Å². The first-order valence-electron chi connectivity index (χ1n) is 9.37. The van der Waals surface area contributed by atoms with Crippen molar-refractivity contribution in [2.24, 2.45) is 0 Å². The lowest BCUT2D eigenvalue weighted by atomic mass is 9.89.